The van der Waals surface area contributed by atoms with Crippen molar-refractivity contribution in [1.82, 2.24) is 20.1 Å². The second-order valence-corrected chi connectivity index (χ2v) is 11.8. The molecule has 0 saturated carbocycles. The fourth-order valence-electron chi connectivity index (χ4n) is 5.98. The Labute approximate surface area is 266 Å². The van der Waals surface area contributed by atoms with Crippen LogP contribution in [0.15, 0.2) is 60.8 Å². The largest absolute Gasteiger partial charge is 0.417 e. The molecule has 0 aliphatic carbocycles. The van der Waals surface area contributed by atoms with Crippen molar-refractivity contribution in [2.24, 2.45) is 5.92 Å². The molecule has 2 aromatic carbocycles. The molecule has 0 bridgehead atoms. The van der Waals surface area contributed by atoms with Crippen molar-refractivity contribution < 1.29 is 36.7 Å². The Balaban J connectivity index is 1.39. The first-order valence-corrected chi connectivity index (χ1v) is 14.8. The first-order chi connectivity index (χ1) is 21.3. The lowest BCUT2D eigenvalue weighted by Crippen LogP contribution is -2.62. The molecule has 2 aliphatic rings. The molecule has 0 spiro atoms. The van der Waals surface area contributed by atoms with Crippen LogP contribution in [-0.4, -0.2) is 71.3 Å². The van der Waals surface area contributed by atoms with Crippen LogP contribution in [0.1, 0.15) is 40.4 Å². The average molecular weight is 667 g/mol. The Morgan fingerprint density at radius 2 is 1.71 bits per heavy atom. The number of carbonyl (C=O) groups excluding carboxylic acids is 3. The summed E-state index contributed by atoms with van der Waals surface area (Å²) in [6.45, 7) is 0.737. The van der Waals surface area contributed by atoms with Gasteiger partial charge in [0.1, 0.15) is 22.8 Å². The minimum absolute atomic E-state index is 0.0941. The number of hydrogen-bond acceptors (Lipinski definition) is 6. The van der Waals surface area contributed by atoms with Gasteiger partial charge < -0.3 is 15.0 Å². The van der Waals surface area contributed by atoms with Crippen LogP contribution in [0.4, 0.5) is 22.4 Å². The van der Waals surface area contributed by atoms with E-state index in [1.54, 1.807) is 18.2 Å². The van der Waals surface area contributed by atoms with Gasteiger partial charge in [0.2, 0.25) is 0 Å². The van der Waals surface area contributed by atoms with Crippen molar-refractivity contribution in [3.63, 3.8) is 0 Å². The molecule has 1 aromatic heterocycles. The van der Waals surface area contributed by atoms with Crippen LogP contribution in [0, 0.1) is 11.7 Å². The molecule has 1 N–H and O–H groups in total. The molecule has 3 aromatic rings. The Bertz CT molecular complexity index is 1580. The van der Waals surface area contributed by atoms with Gasteiger partial charge in [-0.25, -0.2) is 9.18 Å². The average Bonchev–Trinajstić information content (AvgIpc) is 3.48. The number of nitrogens with one attached hydrogen (secondary N) is 1. The molecule has 2 aliphatic heterocycles. The number of pyridine rings is 1. The van der Waals surface area contributed by atoms with E-state index in [9.17, 15) is 31.9 Å². The van der Waals surface area contributed by atoms with Gasteiger partial charge in [0.15, 0.2) is 5.78 Å². The fraction of sp³-hybridized carbons (Fsp3) is 0.355. The second-order valence-electron chi connectivity index (χ2n) is 11.0. The summed E-state index contributed by atoms with van der Waals surface area (Å²) in [6.07, 6.45) is -4.29. The summed E-state index contributed by atoms with van der Waals surface area (Å²) in [6, 6.07) is 11.7. The van der Waals surface area contributed by atoms with Crippen LogP contribution in [0.2, 0.25) is 10.0 Å². The third-order valence-electron chi connectivity index (χ3n) is 8.45. The maximum atomic E-state index is 14.6. The van der Waals surface area contributed by atoms with Crippen LogP contribution in [0.3, 0.4) is 0 Å². The number of rotatable bonds is 6. The number of carbonyl (C=O) groups is 3. The summed E-state index contributed by atoms with van der Waals surface area (Å²) in [5.41, 5.74) is -1.85. The van der Waals surface area contributed by atoms with E-state index in [1.807, 2.05) is 0 Å². The second kappa shape index (κ2) is 12.9. The monoisotopic (exact) mass is 666 g/mol. The molecule has 238 valence electrons. The first kappa shape index (κ1) is 32.6. The summed E-state index contributed by atoms with van der Waals surface area (Å²) < 4.78 is 57.7. The van der Waals surface area contributed by atoms with E-state index >= 15 is 0 Å². The van der Waals surface area contributed by atoms with Crippen molar-refractivity contribution in [2.45, 2.75) is 30.5 Å². The van der Waals surface area contributed by atoms with Crippen molar-refractivity contribution in [1.29, 1.82) is 0 Å². The van der Waals surface area contributed by atoms with Gasteiger partial charge in [0.25, 0.3) is 5.91 Å². The Morgan fingerprint density at radius 3 is 2.31 bits per heavy atom. The van der Waals surface area contributed by atoms with Crippen LogP contribution in [-0.2, 0) is 11.0 Å². The van der Waals surface area contributed by atoms with Gasteiger partial charge in [0.05, 0.1) is 15.6 Å². The minimum atomic E-state index is -4.58. The number of alkyl halides is 3. The molecule has 2 saturated heterocycles. The normalized spacial score (nSPS) is 20.6. The third-order valence-corrected chi connectivity index (χ3v) is 9.19. The molecule has 0 unspecified atom stereocenters. The lowest BCUT2D eigenvalue weighted by Gasteiger charge is -2.44. The van der Waals surface area contributed by atoms with Crippen molar-refractivity contribution in [3.8, 4) is 5.75 Å². The van der Waals surface area contributed by atoms with E-state index in [0.717, 1.165) is 24.3 Å². The van der Waals surface area contributed by atoms with Gasteiger partial charge in [0, 0.05) is 51.3 Å². The maximum Gasteiger partial charge on any atom is 0.417 e. The van der Waals surface area contributed by atoms with E-state index in [-0.39, 0.29) is 54.7 Å². The van der Waals surface area contributed by atoms with Crippen LogP contribution < -0.4 is 10.1 Å². The zero-order valence-electron chi connectivity index (χ0n) is 23.9. The number of ether oxygens (including phenoxy) is 1. The Morgan fingerprint density at radius 1 is 1.02 bits per heavy atom. The number of amides is 2. The van der Waals surface area contributed by atoms with E-state index in [4.69, 9.17) is 27.9 Å². The Hall–Kier alpha value is -3.74. The zero-order valence-corrected chi connectivity index (χ0v) is 25.4. The first-order valence-electron chi connectivity index (χ1n) is 14.0. The highest BCUT2D eigenvalue weighted by atomic mass is 35.5. The quantitative estimate of drug-likeness (QED) is 0.314. The van der Waals surface area contributed by atoms with Gasteiger partial charge in [-0.05, 0) is 66.9 Å². The highest BCUT2D eigenvalue weighted by Crippen LogP contribution is 2.42. The third kappa shape index (κ3) is 6.63. The van der Waals surface area contributed by atoms with Gasteiger partial charge in [-0.1, -0.05) is 29.3 Å². The zero-order chi connectivity index (χ0) is 32.5. The summed E-state index contributed by atoms with van der Waals surface area (Å²) in [7, 11) is 1.47. The van der Waals surface area contributed by atoms with E-state index in [2.05, 4.69) is 10.3 Å². The van der Waals surface area contributed by atoms with Crippen LogP contribution in [0.25, 0.3) is 0 Å². The number of aromatic nitrogens is 1. The summed E-state index contributed by atoms with van der Waals surface area (Å²) in [4.78, 5) is 47.5. The number of halogens is 6. The lowest BCUT2D eigenvalue weighted by molar-refractivity contribution is -0.138. The fourth-order valence-corrected chi connectivity index (χ4v) is 6.29. The molecule has 45 heavy (non-hydrogen) atoms. The van der Waals surface area contributed by atoms with E-state index in [0.29, 0.717) is 23.3 Å². The summed E-state index contributed by atoms with van der Waals surface area (Å²) in [5.74, 6) is -2.32. The molecule has 2 fully saturated rings. The number of Topliss-reactive ketones (excluding diaryl/α,β-unsaturated/α-hetero) is 1. The van der Waals surface area contributed by atoms with Gasteiger partial charge in [-0.2, -0.15) is 13.2 Å². The predicted octanol–water partition coefficient (Wildman–Crippen LogP) is 6.22. The van der Waals surface area contributed by atoms with Crippen LogP contribution >= 0.6 is 23.2 Å². The Kier molecular flexibility index (Phi) is 9.39. The molecule has 2 atom stereocenters. The predicted molar refractivity (Wildman–Crippen MR) is 158 cm³/mol. The van der Waals surface area contributed by atoms with E-state index in [1.165, 1.54) is 29.0 Å². The van der Waals surface area contributed by atoms with E-state index < -0.39 is 46.9 Å². The van der Waals surface area contributed by atoms with Crippen molar-refractivity contribution >= 4 is 41.0 Å². The number of benzene rings is 2. The number of piperidine rings is 1. The van der Waals surface area contributed by atoms with Gasteiger partial charge >= 0.3 is 12.3 Å². The molecule has 3 heterocycles. The summed E-state index contributed by atoms with van der Waals surface area (Å²) >= 11 is 12.5. The molecule has 5 rings (SSSR count). The molecular formula is C31H28Cl2F4N4O4. The van der Waals surface area contributed by atoms with Gasteiger partial charge in [-0.15, -0.1) is 0 Å². The maximum absolute atomic E-state index is 14.6. The number of likely N-dealkylation sites (tertiary alicyclic amines) is 1. The number of ketones is 1. The van der Waals surface area contributed by atoms with Crippen LogP contribution in [0.5, 0.6) is 5.75 Å². The molecular weight excluding hydrogens is 639 g/mol. The topological polar surface area (TPSA) is 91.8 Å². The number of nitrogens with zero attached hydrogens (tertiary/aromatic N) is 3. The molecule has 8 nitrogen and oxygen atoms in total. The molecule has 2 amide bonds. The minimum Gasteiger partial charge on any atom is -0.410 e. The number of hydrogen-bond donors (Lipinski definition) is 1. The molecule has 14 heteroatoms. The smallest absolute Gasteiger partial charge is 0.410 e. The highest BCUT2D eigenvalue weighted by molar-refractivity contribution is 6.42. The number of likely N-dealkylation sites (N-methyl/N-ethyl adjacent to an activating group) is 1. The lowest BCUT2D eigenvalue weighted by atomic mass is 9.72. The SMILES string of the molecule is CN(C(=O)Oc1ccc(F)cc1)[C@]1(C(=O)C2CCN(C(=O)c3ccc(C(F)(F)F)cn3)CC2)CNC[C@H]1c1ccc(Cl)c(Cl)c1. The van der Waals surface area contributed by atoms with Crippen molar-refractivity contribution in [3.05, 3.63) is 93.5 Å². The standard InChI is InChI=1S/C31H28Cl2F4N4O4/c1-40(29(44)45-22-6-4-21(34)5-7-22)30(17-38-16-23(30)19-2-8-24(32)25(33)14-19)27(42)18-10-12-41(13-11-18)28(43)26-9-3-20(15-39-26)31(35,36)37/h2-9,14-15,18,23,38H,10-13,16-17H2,1H3/t23-,30+/m0/s1. The van der Waals surface area contributed by atoms with Gasteiger partial charge in [-0.3, -0.25) is 19.5 Å². The highest BCUT2D eigenvalue weighted by Gasteiger charge is 2.56. The van der Waals surface area contributed by atoms with Crippen molar-refractivity contribution in [2.75, 3.05) is 33.2 Å². The molecule has 0 radical (unpaired) electrons. The summed E-state index contributed by atoms with van der Waals surface area (Å²) in [5, 5.41) is 3.84.